The largest absolute Gasteiger partial charge is 0.311 e. The third-order valence-corrected chi connectivity index (χ3v) is 2.15. The maximum absolute atomic E-state index is 4.17. The van der Waals surface area contributed by atoms with E-state index < -0.39 is 0 Å². The molecule has 0 bridgehead atoms. The molecule has 0 fully saturated rings. The third kappa shape index (κ3) is 3.39. The predicted octanol–water partition coefficient (Wildman–Crippen LogP) is 0.317. The number of nitrogens with one attached hydrogen (secondary N) is 2. The highest BCUT2D eigenvalue weighted by atomic mass is 15.2. The molecule has 6 nitrogen and oxygen atoms in total. The topological polar surface area (TPSA) is 79.4 Å². The van der Waals surface area contributed by atoms with Crippen LogP contribution in [0, 0.1) is 0 Å². The second-order valence-electron chi connectivity index (χ2n) is 3.41. The molecule has 0 aliphatic carbocycles. The van der Waals surface area contributed by atoms with E-state index in [0.29, 0.717) is 0 Å². The normalized spacial score (nSPS) is 10.5. The molecule has 0 aliphatic heterocycles. The van der Waals surface area contributed by atoms with Crippen LogP contribution in [0.4, 0.5) is 0 Å². The molecule has 2 aromatic heterocycles. The molecule has 2 N–H and O–H groups in total. The summed E-state index contributed by atoms with van der Waals surface area (Å²) in [5, 5.41) is 9.93. The van der Waals surface area contributed by atoms with Gasteiger partial charge in [0.1, 0.15) is 12.2 Å². The second-order valence-corrected chi connectivity index (χ2v) is 3.41. The zero-order valence-electron chi connectivity index (χ0n) is 8.93. The van der Waals surface area contributed by atoms with Crippen LogP contribution in [0.3, 0.4) is 0 Å². The molecule has 0 atom stereocenters. The summed E-state index contributed by atoms with van der Waals surface area (Å²) in [5.41, 5.74) is 0.960. The van der Waals surface area contributed by atoms with Gasteiger partial charge in [-0.05, 0) is 13.0 Å². The number of aryl methyl sites for hydroxylation is 1. The monoisotopic (exact) mass is 218 g/mol. The van der Waals surface area contributed by atoms with Crippen molar-refractivity contribution in [2.45, 2.75) is 19.4 Å². The highest BCUT2D eigenvalue weighted by molar-refractivity contribution is 4.93. The van der Waals surface area contributed by atoms with E-state index in [-0.39, 0.29) is 0 Å². The maximum Gasteiger partial charge on any atom is 0.137 e. The molecule has 0 aliphatic rings. The van der Waals surface area contributed by atoms with Crippen LogP contribution in [0.1, 0.15) is 17.9 Å². The van der Waals surface area contributed by atoms with E-state index >= 15 is 0 Å². The molecule has 0 unspecified atom stereocenters. The molecule has 0 aromatic carbocycles. The summed E-state index contributed by atoms with van der Waals surface area (Å²) in [5.74, 6) is 0.932. The van der Waals surface area contributed by atoms with Crippen LogP contribution in [-0.4, -0.2) is 31.7 Å². The number of nitrogens with zero attached hydrogens (tertiary/aromatic N) is 4. The van der Waals surface area contributed by atoms with Gasteiger partial charge in [-0.25, -0.2) is 4.98 Å². The molecule has 0 saturated heterocycles. The highest BCUT2D eigenvalue weighted by Crippen LogP contribution is 1.93. The van der Waals surface area contributed by atoms with Crippen molar-refractivity contribution in [1.29, 1.82) is 0 Å². The van der Waals surface area contributed by atoms with E-state index in [0.717, 1.165) is 37.4 Å². The van der Waals surface area contributed by atoms with E-state index in [9.17, 15) is 0 Å². The van der Waals surface area contributed by atoms with Gasteiger partial charge >= 0.3 is 0 Å². The fraction of sp³-hybridized carbons (Fsp3) is 0.400. The number of H-pyrrole nitrogens is 1. The quantitative estimate of drug-likeness (QED) is 0.682. The highest BCUT2D eigenvalue weighted by Gasteiger charge is 1.96. The first-order valence-electron chi connectivity index (χ1n) is 5.25. The third-order valence-electron chi connectivity index (χ3n) is 2.15. The van der Waals surface area contributed by atoms with Gasteiger partial charge in [-0.1, -0.05) is 0 Å². The minimum absolute atomic E-state index is 0.754. The molecule has 6 heteroatoms. The summed E-state index contributed by atoms with van der Waals surface area (Å²) in [6, 6.07) is 0. The van der Waals surface area contributed by atoms with Gasteiger partial charge in [0.05, 0.1) is 5.69 Å². The Balaban J connectivity index is 1.59. The molecule has 84 valence electrons. The maximum atomic E-state index is 4.17. The first kappa shape index (κ1) is 10.7. The van der Waals surface area contributed by atoms with Crippen molar-refractivity contribution in [2.75, 3.05) is 6.54 Å². The van der Waals surface area contributed by atoms with E-state index in [1.807, 2.05) is 0 Å². The van der Waals surface area contributed by atoms with E-state index in [1.165, 1.54) is 6.33 Å². The van der Waals surface area contributed by atoms with Crippen LogP contribution in [-0.2, 0) is 13.0 Å². The van der Waals surface area contributed by atoms with Crippen LogP contribution in [0.5, 0.6) is 0 Å². The van der Waals surface area contributed by atoms with Crippen molar-refractivity contribution < 1.29 is 0 Å². The summed E-state index contributed by atoms with van der Waals surface area (Å²) in [7, 11) is 0. The lowest BCUT2D eigenvalue weighted by Crippen LogP contribution is -2.16. The Bertz CT molecular complexity index is 385. The second kappa shape index (κ2) is 5.92. The Hall–Kier alpha value is -1.82. The summed E-state index contributed by atoms with van der Waals surface area (Å²) in [6.45, 7) is 1.68. The minimum atomic E-state index is 0.754. The van der Waals surface area contributed by atoms with E-state index in [1.54, 1.807) is 18.6 Å². The van der Waals surface area contributed by atoms with Gasteiger partial charge in [0, 0.05) is 31.6 Å². The smallest absolute Gasteiger partial charge is 0.137 e. The van der Waals surface area contributed by atoms with Gasteiger partial charge < -0.3 is 5.32 Å². The van der Waals surface area contributed by atoms with Crippen LogP contribution in [0.25, 0.3) is 0 Å². The van der Waals surface area contributed by atoms with E-state index in [4.69, 9.17) is 0 Å². The summed E-state index contributed by atoms with van der Waals surface area (Å²) >= 11 is 0. The Morgan fingerprint density at radius 3 is 3.00 bits per heavy atom. The number of rotatable bonds is 6. The fourth-order valence-electron chi connectivity index (χ4n) is 1.37. The standard InChI is InChI=1S/C10H14N6/c1(2-10-14-8-15-16-10)3-11-6-9-7-12-4-5-13-9/h4-5,7-8,11H,1-3,6H2,(H,14,15,16). The fourth-order valence-corrected chi connectivity index (χ4v) is 1.37. The lowest BCUT2D eigenvalue weighted by Gasteiger charge is -2.02. The molecule has 0 radical (unpaired) electrons. The molecular formula is C10H14N6. The molecule has 0 saturated carbocycles. The Kier molecular flexibility index (Phi) is 3.95. The first-order valence-corrected chi connectivity index (χ1v) is 5.25. The van der Waals surface area contributed by atoms with Crippen LogP contribution < -0.4 is 5.32 Å². The lowest BCUT2D eigenvalue weighted by atomic mass is 10.3. The number of aromatic nitrogens is 5. The van der Waals surface area contributed by atoms with Gasteiger partial charge in [0.2, 0.25) is 0 Å². The van der Waals surface area contributed by atoms with Crippen LogP contribution in [0.2, 0.25) is 0 Å². The lowest BCUT2D eigenvalue weighted by molar-refractivity contribution is 0.630. The Morgan fingerprint density at radius 1 is 1.25 bits per heavy atom. The van der Waals surface area contributed by atoms with Crippen LogP contribution >= 0.6 is 0 Å². The van der Waals surface area contributed by atoms with Crippen molar-refractivity contribution in [1.82, 2.24) is 30.5 Å². The summed E-state index contributed by atoms with van der Waals surface area (Å²) in [6.07, 6.45) is 8.60. The molecule has 0 amide bonds. The average Bonchev–Trinajstić information content (AvgIpc) is 2.83. The van der Waals surface area contributed by atoms with Crippen molar-refractivity contribution in [3.8, 4) is 0 Å². The molecular weight excluding hydrogens is 204 g/mol. The molecule has 16 heavy (non-hydrogen) atoms. The van der Waals surface area contributed by atoms with Crippen molar-refractivity contribution >= 4 is 0 Å². The number of aromatic amines is 1. The van der Waals surface area contributed by atoms with Gasteiger partial charge in [-0.3, -0.25) is 15.1 Å². The van der Waals surface area contributed by atoms with Gasteiger partial charge in [-0.15, -0.1) is 0 Å². The first-order chi connectivity index (χ1) is 7.95. The number of hydrogen-bond donors (Lipinski definition) is 2. The summed E-state index contributed by atoms with van der Waals surface area (Å²) in [4.78, 5) is 12.2. The van der Waals surface area contributed by atoms with Crippen molar-refractivity contribution in [3.63, 3.8) is 0 Å². The number of hydrogen-bond acceptors (Lipinski definition) is 5. The average molecular weight is 218 g/mol. The zero-order valence-corrected chi connectivity index (χ0v) is 8.93. The zero-order chi connectivity index (χ0) is 11.1. The molecule has 2 rings (SSSR count). The molecule has 2 aromatic rings. The van der Waals surface area contributed by atoms with Crippen molar-refractivity contribution in [3.05, 3.63) is 36.4 Å². The molecule has 2 heterocycles. The van der Waals surface area contributed by atoms with Gasteiger partial charge in [-0.2, -0.15) is 5.10 Å². The SMILES string of the molecule is c1cnc(CNCCCc2ncn[nH]2)cn1. The molecule has 0 spiro atoms. The van der Waals surface area contributed by atoms with Gasteiger partial charge in [0.25, 0.3) is 0 Å². The van der Waals surface area contributed by atoms with E-state index in [2.05, 4.69) is 30.5 Å². The van der Waals surface area contributed by atoms with Crippen LogP contribution in [0.15, 0.2) is 24.9 Å². The minimum Gasteiger partial charge on any atom is -0.311 e. The van der Waals surface area contributed by atoms with Gasteiger partial charge in [0.15, 0.2) is 0 Å². The van der Waals surface area contributed by atoms with Crippen molar-refractivity contribution in [2.24, 2.45) is 0 Å². The summed E-state index contributed by atoms with van der Waals surface area (Å²) < 4.78 is 0. The predicted molar refractivity (Wildman–Crippen MR) is 58.4 cm³/mol. The Morgan fingerprint density at radius 2 is 2.25 bits per heavy atom. The Labute approximate surface area is 93.6 Å².